The smallest absolute Gasteiger partial charge is 0.328 e. The average Bonchev–Trinajstić information content (AvgIpc) is 2.94. The Bertz CT molecular complexity index is 494. The quantitative estimate of drug-likeness (QED) is 0.742. The van der Waals surface area contributed by atoms with E-state index < -0.39 is 17.1 Å². The van der Waals surface area contributed by atoms with Gasteiger partial charge in [0.1, 0.15) is 0 Å². The number of nitrogens with zero attached hydrogens (tertiary/aromatic N) is 1. The Morgan fingerprint density at radius 3 is 2.94 bits per heavy atom. The second-order valence-electron chi connectivity index (χ2n) is 4.16. The van der Waals surface area contributed by atoms with Crippen molar-refractivity contribution in [3.63, 3.8) is 0 Å². The lowest BCUT2D eigenvalue weighted by atomic mass is 10.2. The number of aliphatic hydroxyl groups is 1. The molecule has 2 atom stereocenters. The Labute approximate surface area is 90.5 Å². The molecule has 0 amide bonds. The molecule has 0 aromatic carbocycles. The van der Waals surface area contributed by atoms with Crippen molar-refractivity contribution in [1.29, 1.82) is 0 Å². The van der Waals surface area contributed by atoms with Crippen LogP contribution in [-0.4, -0.2) is 21.3 Å². The summed E-state index contributed by atoms with van der Waals surface area (Å²) in [6.45, 7) is 0.535. The fourth-order valence-electron chi connectivity index (χ4n) is 1.92. The summed E-state index contributed by atoms with van der Waals surface area (Å²) in [7, 11) is 0. The van der Waals surface area contributed by atoms with Gasteiger partial charge >= 0.3 is 5.69 Å². The highest BCUT2D eigenvalue weighted by molar-refractivity contribution is 4.91. The molecule has 1 aromatic heterocycles. The largest absolute Gasteiger partial charge is 0.396 e. The van der Waals surface area contributed by atoms with Gasteiger partial charge in [-0.2, -0.15) is 4.39 Å². The lowest BCUT2D eigenvalue weighted by molar-refractivity contribution is 0.275. The van der Waals surface area contributed by atoms with Crippen molar-refractivity contribution in [2.75, 3.05) is 6.61 Å². The molecule has 1 fully saturated rings. The lowest BCUT2D eigenvalue weighted by Gasteiger charge is -2.03. The molecule has 1 unspecified atom stereocenters. The summed E-state index contributed by atoms with van der Waals surface area (Å²) in [6, 6.07) is 0. The third-order valence-electron chi connectivity index (χ3n) is 2.97. The van der Waals surface area contributed by atoms with Crippen LogP contribution in [-0.2, 0) is 6.54 Å². The summed E-state index contributed by atoms with van der Waals surface area (Å²) in [6.07, 6.45) is 2.59. The van der Waals surface area contributed by atoms with Crippen LogP contribution in [0.5, 0.6) is 0 Å². The van der Waals surface area contributed by atoms with Gasteiger partial charge in [-0.25, -0.2) is 4.79 Å². The number of aromatic nitrogens is 2. The van der Waals surface area contributed by atoms with Crippen molar-refractivity contribution in [2.24, 2.45) is 11.8 Å². The molecule has 16 heavy (non-hydrogen) atoms. The minimum absolute atomic E-state index is 0.135. The molecule has 1 aliphatic rings. The predicted octanol–water partition coefficient (Wildman–Crippen LogP) is -0.306. The SMILES string of the molecule is O=c1[nH]c(=O)n(CC2C[C@@H]2CCO)cc1F. The number of rotatable bonds is 4. The standard InChI is InChI=1S/C10H13FN2O3/c11-8-5-13(10(16)12-9(8)15)4-7-3-6(7)1-2-14/h5-7,14H,1-4H2,(H,12,15,16)/t6-,7?/m0/s1. The number of halogens is 1. The molecular formula is C10H13FN2O3. The Hall–Kier alpha value is -1.43. The first-order valence-corrected chi connectivity index (χ1v) is 5.22. The number of aliphatic hydroxyl groups excluding tert-OH is 1. The summed E-state index contributed by atoms with van der Waals surface area (Å²) in [5, 5.41) is 8.72. The number of nitrogens with one attached hydrogen (secondary N) is 1. The van der Waals surface area contributed by atoms with E-state index in [-0.39, 0.29) is 6.61 Å². The second-order valence-corrected chi connectivity index (χ2v) is 4.16. The van der Waals surface area contributed by atoms with Gasteiger partial charge in [-0.15, -0.1) is 0 Å². The van der Waals surface area contributed by atoms with Crippen LogP contribution in [0.3, 0.4) is 0 Å². The topological polar surface area (TPSA) is 75.1 Å². The van der Waals surface area contributed by atoms with E-state index in [0.717, 1.165) is 12.6 Å². The number of hydrogen-bond acceptors (Lipinski definition) is 3. The summed E-state index contributed by atoms with van der Waals surface area (Å²) >= 11 is 0. The molecule has 1 saturated carbocycles. The highest BCUT2D eigenvalue weighted by Gasteiger charge is 2.36. The van der Waals surface area contributed by atoms with Crippen LogP contribution in [0.25, 0.3) is 0 Å². The van der Waals surface area contributed by atoms with E-state index in [2.05, 4.69) is 0 Å². The first kappa shape index (κ1) is 11.1. The first-order valence-electron chi connectivity index (χ1n) is 5.22. The van der Waals surface area contributed by atoms with E-state index in [1.165, 1.54) is 4.57 Å². The van der Waals surface area contributed by atoms with Gasteiger partial charge in [-0.3, -0.25) is 14.3 Å². The molecule has 1 aliphatic carbocycles. The van der Waals surface area contributed by atoms with E-state index in [1.807, 2.05) is 4.98 Å². The molecule has 88 valence electrons. The maximum atomic E-state index is 12.9. The van der Waals surface area contributed by atoms with Crippen LogP contribution in [0.1, 0.15) is 12.8 Å². The average molecular weight is 228 g/mol. The van der Waals surface area contributed by atoms with Gasteiger partial charge in [0.2, 0.25) is 5.82 Å². The fraction of sp³-hybridized carbons (Fsp3) is 0.600. The Balaban J connectivity index is 2.09. The second kappa shape index (κ2) is 4.21. The van der Waals surface area contributed by atoms with E-state index in [4.69, 9.17) is 5.11 Å². The minimum Gasteiger partial charge on any atom is -0.396 e. The molecule has 2 rings (SSSR count). The van der Waals surface area contributed by atoms with Crippen molar-refractivity contribution < 1.29 is 9.50 Å². The van der Waals surface area contributed by atoms with E-state index in [0.29, 0.717) is 24.8 Å². The molecule has 1 aromatic rings. The van der Waals surface area contributed by atoms with Crippen LogP contribution in [0.2, 0.25) is 0 Å². The normalized spacial score (nSPS) is 23.4. The predicted molar refractivity (Wildman–Crippen MR) is 54.6 cm³/mol. The number of hydrogen-bond donors (Lipinski definition) is 2. The molecule has 2 N–H and O–H groups in total. The first-order chi connectivity index (χ1) is 7.61. The molecule has 1 heterocycles. The van der Waals surface area contributed by atoms with Gasteiger partial charge in [-0.05, 0) is 24.7 Å². The van der Waals surface area contributed by atoms with E-state index in [9.17, 15) is 14.0 Å². The zero-order valence-electron chi connectivity index (χ0n) is 8.65. The maximum absolute atomic E-state index is 12.9. The number of aromatic amines is 1. The molecule has 0 aliphatic heterocycles. The Morgan fingerprint density at radius 2 is 2.25 bits per heavy atom. The molecule has 0 spiro atoms. The third-order valence-corrected chi connectivity index (χ3v) is 2.97. The van der Waals surface area contributed by atoms with Crippen molar-refractivity contribution in [3.8, 4) is 0 Å². The van der Waals surface area contributed by atoms with Crippen molar-refractivity contribution >= 4 is 0 Å². The van der Waals surface area contributed by atoms with Gasteiger partial charge in [0.25, 0.3) is 5.56 Å². The van der Waals surface area contributed by atoms with Gasteiger partial charge in [-0.1, -0.05) is 0 Å². The van der Waals surface area contributed by atoms with Crippen LogP contribution >= 0.6 is 0 Å². The maximum Gasteiger partial charge on any atom is 0.328 e. The van der Waals surface area contributed by atoms with Crippen molar-refractivity contribution in [1.82, 2.24) is 9.55 Å². The zero-order valence-corrected chi connectivity index (χ0v) is 8.65. The van der Waals surface area contributed by atoms with Crippen molar-refractivity contribution in [3.05, 3.63) is 32.9 Å². The fourth-order valence-corrected chi connectivity index (χ4v) is 1.92. The summed E-state index contributed by atoms with van der Waals surface area (Å²) < 4.78 is 14.1. The van der Waals surface area contributed by atoms with Gasteiger partial charge in [0.05, 0.1) is 6.20 Å². The lowest BCUT2D eigenvalue weighted by Crippen LogP contribution is -2.31. The van der Waals surface area contributed by atoms with Gasteiger partial charge < -0.3 is 5.11 Å². The summed E-state index contributed by atoms with van der Waals surface area (Å²) in [5.74, 6) is -0.235. The molecular weight excluding hydrogens is 215 g/mol. The van der Waals surface area contributed by atoms with Crippen LogP contribution in [0, 0.1) is 17.7 Å². The summed E-state index contributed by atoms with van der Waals surface area (Å²) in [4.78, 5) is 24.0. The number of H-pyrrole nitrogens is 1. The van der Waals surface area contributed by atoms with Gasteiger partial charge in [0.15, 0.2) is 0 Å². The van der Waals surface area contributed by atoms with E-state index >= 15 is 0 Å². The van der Waals surface area contributed by atoms with Crippen LogP contribution < -0.4 is 11.2 Å². The monoisotopic (exact) mass is 228 g/mol. The van der Waals surface area contributed by atoms with Crippen LogP contribution in [0.15, 0.2) is 15.8 Å². The van der Waals surface area contributed by atoms with Gasteiger partial charge in [0, 0.05) is 13.2 Å². The molecule has 0 radical (unpaired) electrons. The molecule has 5 nitrogen and oxygen atoms in total. The highest BCUT2D eigenvalue weighted by atomic mass is 19.1. The van der Waals surface area contributed by atoms with E-state index in [1.54, 1.807) is 0 Å². The zero-order chi connectivity index (χ0) is 11.7. The molecule has 6 heteroatoms. The molecule has 0 bridgehead atoms. The Morgan fingerprint density at radius 1 is 1.50 bits per heavy atom. The Kier molecular flexibility index (Phi) is 2.91. The molecule has 0 saturated heterocycles. The highest BCUT2D eigenvalue weighted by Crippen LogP contribution is 2.41. The minimum atomic E-state index is -0.982. The summed E-state index contributed by atoms with van der Waals surface area (Å²) in [5.41, 5.74) is -1.56. The van der Waals surface area contributed by atoms with Crippen LogP contribution in [0.4, 0.5) is 4.39 Å². The third kappa shape index (κ3) is 2.21. The van der Waals surface area contributed by atoms with Crippen molar-refractivity contribution in [2.45, 2.75) is 19.4 Å².